The maximum absolute atomic E-state index is 6.30. The number of benzene rings is 1. The molecule has 0 spiro atoms. The molecule has 1 aromatic carbocycles. The Bertz CT molecular complexity index is 594. The highest BCUT2D eigenvalue weighted by Gasteiger charge is 2.15. The number of methoxy groups -OCH3 is 1. The maximum atomic E-state index is 6.30. The van der Waals surface area contributed by atoms with Gasteiger partial charge in [0.1, 0.15) is 5.82 Å². The zero-order chi connectivity index (χ0) is 15.4. The molecular formula is C16H24ClN3O. The molecule has 2 aromatic rings. The fourth-order valence-electron chi connectivity index (χ4n) is 2.42. The standard InChI is InChI=1S/C16H24ClN3O/c1-12-5-6-14-15(11-12)20(16(18-14)13(2)17)8-7-19(3)9-10-21-4/h5-6,11,13H,7-10H2,1-4H3. The van der Waals surface area contributed by atoms with Crippen molar-refractivity contribution in [3.8, 4) is 0 Å². The third kappa shape index (κ3) is 3.96. The molecule has 1 heterocycles. The van der Waals surface area contributed by atoms with E-state index in [-0.39, 0.29) is 5.38 Å². The van der Waals surface area contributed by atoms with E-state index in [9.17, 15) is 0 Å². The van der Waals surface area contributed by atoms with Crippen molar-refractivity contribution in [2.45, 2.75) is 25.8 Å². The largest absolute Gasteiger partial charge is 0.383 e. The summed E-state index contributed by atoms with van der Waals surface area (Å²) in [5.41, 5.74) is 3.42. The number of aryl methyl sites for hydroxylation is 1. The zero-order valence-electron chi connectivity index (χ0n) is 13.3. The van der Waals surface area contributed by atoms with Crippen LogP contribution in [0.1, 0.15) is 23.7 Å². The summed E-state index contributed by atoms with van der Waals surface area (Å²) in [5.74, 6) is 0.942. The molecule has 0 aliphatic rings. The van der Waals surface area contributed by atoms with Gasteiger partial charge in [-0.25, -0.2) is 4.98 Å². The zero-order valence-corrected chi connectivity index (χ0v) is 14.0. The highest BCUT2D eigenvalue weighted by atomic mass is 35.5. The van der Waals surface area contributed by atoms with E-state index in [2.05, 4.69) is 46.6 Å². The SMILES string of the molecule is COCCN(C)CCn1c(C(C)Cl)nc2ccc(C)cc21. The van der Waals surface area contributed by atoms with Crippen molar-refractivity contribution in [3.05, 3.63) is 29.6 Å². The molecule has 0 radical (unpaired) electrons. The lowest BCUT2D eigenvalue weighted by Gasteiger charge is -2.18. The van der Waals surface area contributed by atoms with Crippen molar-refractivity contribution in [2.24, 2.45) is 0 Å². The first kappa shape index (κ1) is 16.3. The van der Waals surface area contributed by atoms with Gasteiger partial charge in [0.05, 0.1) is 23.0 Å². The van der Waals surface area contributed by atoms with E-state index in [0.29, 0.717) is 0 Å². The second-order valence-corrected chi connectivity index (χ2v) is 6.18. The summed E-state index contributed by atoms with van der Waals surface area (Å²) in [5, 5.41) is -0.0954. The molecule has 4 nitrogen and oxygen atoms in total. The molecule has 1 atom stereocenters. The van der Waals surface area contributed by atoms with Gasteiger partial charge in [-0.05, 0) is 38.6 Å². The molecule has 0 saturated heterocycles. The van der Waals surface area contributed by atoms with E-state index in [0.717, 1.165) is 43.1 Å². The molecular weight excluding hydrogens is 286 g/mol. The Balaban J connectivity index is 2.23. The van der Waals surface area contributed by atoms with Crippen molar-refractivity contribution in [1.82, 2.24) is 14.5 Å². The van der Waals surface area contributed by atoms with Crippen molar-refractivity contribution in [1.29, 1.82) is 0 Å². The Labute approximate surface area is 131 Å². The van der Waals surface area contributed by atoms with Gasteiger partial charge in [0.2, 0.25) is 0 Å². The Kier molecular flexibility index (Phi) is 5.62. The summed E-state index contributed by atoms with van der Waals surface area (Å²) in [7, 11) is 3.83. The molecule has 0 aliphatic carbocycles. The van der Waals surface area contributed by atoms with Gasteiger partial charge in [0.15, 0.2) is 0 Å². The Morgan fingerprint density at radius 3 is 2.81 bits per heavy atom. The number of halogens is 1. The van der Waals surface area contributed by atoms with Gasteiger partial charge in [-0.1, -0.05) is 6.07 Å². The highest BCUT2D eigenvalue weighted by molar-refractivity contribution is 6.20. The third-order valence-electron chi connectivity index (χ3n) is 3.67. The lowest BCUT2D eigenvalue weighted by Crippen LogP contribution is -2.27. The number of hydrogen-bond donors (Lipinski definition) is 0. The van der Waals surface area contributed by atoms with Gasteiger partial charge in [0.25, 0.3) is 0 Å². The van der Waals surface area contributed by atoms with Crippen LogP contribution in [-0.2, 0) is 11.3 Å². The minimum absolute atomic E-state index is 0.0954. The Morgan fingerprint density at radius 1 is 1.38 bits per heavy atom. The van der Waals surface area contributed by atoms with Crippen LogP contribution in [0.25, 0.3) is 11.0 Å². The number of nitrogens with zero attached hydrogens (tertiary/aromatic N) is 3. The van der Waals surface area contributed by atoms with Gasteiger partial charge in [-0.15, -0.1) is 11.6 Å². The van der Waals surface area contributed by atoms with E-state index in [1.54, 1.807) is 7.11 Å². The number of rotatable bonds is 7. The number of fused-ring (bicyclic) bond motifs is 1. The average Bonchev–Trinajstić information content (AvgIpc) is 2.81. The van der Waals surface area contributed by atoms with Crippen LogP contribution in [0.15, 0.2) is 18.2 Å². The van der Waals surface area contributed by atoms with E-state index >= 15 is 0 Å². The monoisotopic (exact) mass is 309 g/mol. The molecule has 0 saturated carbocycles. The van der Waals surface area contributed by atoms with Crippen LogP contribution in [-0.4, -0.2) is 48.3 Å². The predicted molar refractivity (Wildman–Crippen MR) is 88.1 cm³/mol. The quantitative estimate of drug-likeness (QED) is 0.736. The lowest BCUT2D eigenvalue weighted by molar-refractivity contribution is 0.159. The van der Waals surface area contributed by atoms with E-state index < -0.39 is 0 Å². The minimum Gasteiger partial charge on any atom is -0.383 e. The number of hydrogen-bond acceptors (Lipinski definition) is 3. The smallest absolute Gasteiger partial charge is 0.127 e. The Hall–Kier alpha value is -1.10. The molecule has 0 amide bonds. The molecule has 5 heteroatoms. The van der Waals surface area contributed by atoms with E-state index in [1.807, 2.05) is 6.92 Å². The van der Waals surface area contributed by atoms with Crippen LogP contribution in [0.3, 0.4) is 0 Å². The topological polar surface area (TPSA) is 30.3 Å². The molecule has 0 fully saturated rings. The van der Waals surface area contributed by atoms with Crippen LogP contribution in [0, 0.1) is 6.92 Å². The summed E-state index contributed by atoms with van der Waals surface area (Å²) in [6.45, 7) is 7.57. The summed E-state index contributed by atoms with van der Waals surface area (Å²) < 4.78 is 7.35. The summed E-state index contributed by atoms with van der Waals surface area (Å²) in [6, 6.07) is 6.34. The molecule has 21 heavy (non-hydrogen) atoms. The second-order valence-electron chi connectivity index (χ2n) is 5.53. The first-order chi connectivity index (χ1) is 10.0. The van der Waals surface area contributed by atoms with Crippen LogP contribution >= 0.6 is 11.6 Å². The molecule has 1 unspecified atom stereocenters. The van der Waals surface area contributed by atoms with Crippen molar-refractivity contribution < 1.29 is 4.74 Å². The van der Waals surface area contributed by atoms with Gasteiger partial charge >= 0.3 is 0 Å². The first-order valence-electron chi connectivity index (χ1n) is 7.31. The van der Waals surface area contributed by atoms with Gasteiger partial charge in [0, 0.05) is 26.7 Å². The molecule has 0 aliphatic heterocycles. The molecule has 1 aromatic heterocycles. The average molecular weight is 310 g/mol. The van der Waals surface area contributed by atoms with Gasteiger partial charge in [-0.3, -0.25) is 0 Å². The van der Waals surface area contributed by atoms with Crippen molar-refractivity contribution in [2.75, 3.05) is 33.9 Å². The number of likely N-dealkylation sites (N-methyl/N-ethyl adjacent to an activating group) is 1. The van der Waals surface area contributed by atoms with Crippen molar-refractivity contribution >= 4 is 22.6 Å². The highest BCUT2D eigenvalue weighted by Crippen LogP contribution is 2.25. The number of alkyl halides is 1. The van der Waals surface area contributed by atoms with Crippen molar-refractivity contribution in [3.63, 3.8) is 0 Å². The molecule has 2 rings (SSSR count). The van der Waals surface area contributed by atoms with Crippen LogP contribution in [0.2, 0.25) is 0 Å². The predicted octanol–water partition coefficient (Wildman–Crippen LogP) is 3.22. The fourth-order valence-corrected chi connectivity index (χ4v) is 2.59. The molecule has 0 N–H and O–H groups in total. The second kappa shape index (κ2) is 7.25. The summed E-state index contributed by atoms with van der Waals surface area (Å²) >= 11 is 6.30. The van der Waals surface area contributed by atoms with Crippen LogP contribution < -0.4 is 0 Å². The Morgan fingerprint density at radius 2 is 2.14 bits per heavy atom. The minimum atomic E-state index is -0.0954. The molecule has 116 valence electrons. The first-order valence-corrected chi connectivity index (χ1v) is 7.75. The number of imidazole rings is 1. The number of aromatic nitrogens is 2. The normalized spacial score (nSPS) is 13.2. The lowest BCUT2D eigenvalue weighted by atomic mass is 10.2. The third-order valence-corrected chi connectivity index (χ3v) is 3.87. The van der Waals surface area contributed by atoms with Gasteiger partial charge in [-0.2, -0.15) is 0 Å². The number of ether oxygens (including phenoxy) is 1. The fraction of sp³-hybridized carbons (Fsp3) is 0.562. The summed E-state index contributed by atoms with van der Waals surface area (Å²) in [6.07, 6.45) is 0. The van der Waals surface area contributed by atoms with Crippen LogP contribution in [0.5, 0.6) is 0 Å². The maximum Gasteiger partial charge on any atom is 0.127 e. The van der Waals surface area contributed by atoms with E-state index in [1.165, 1.54) is 5.56 Å². The molecule has 0 bridgehead atoms. The van der Waals surface area contributed by atoms with Gasteiger partial charge < -0.3 is 14.2 Å². The van der Waals surface area contributed by atoms with E-state index in [4.69, 9.17) is 16.3 Å². The van der Waals surface area contributed by atoms with Crippen LogP contribution in [0.4, 0.5) is 0 Å². The summed E-state index contributed by atoms with van der Waals surface area (Å²) in [4.78, 5) is 6.94.